The second-order valence-electron chi connectivity index (χ2n) is 11.8. The van der Waals surface area contributed by atoms with Crippen LogP contribution in [0.4, 0.5) is 23.0 Å². The Morgan fingerprint density at radius 2 is 1.77 bits per heavy atom. The molecule has 12 nitrogen and oxygen atoms in total. The number of likely N-dealkylation sites (N-methyl/N-ethyl adjacent to an activating group) is 1. The van der Waals surface area contributed by atoms with Gasteiger partial charge >= 0.3 is 0 Å². The van der Waals surface area contributed by atoms with E-state index >= 15 is 0 Å². The first-order valence-electron chi connectivity index (χ1n) is 15.5. The Bertz CT molecular complexity index is 1450. The van der Waals surface area contributed by atoms with Gasteiger partial charge in [-0.2, -0.15) is 0 Å². The number of carbonyl (C=O) groups excluding carboxylic acids is 1. The Balaban J connectivity index is 1.23. The highest BCUT2D eigenvalue weighted by Gasteiger charge is 2.28. The average Bonchev–Trinajstić information content (AvgIpc) is 3.48. The second-order valence-corrected chi connectivity index (χ2v) is 12.9. The van der Waals surface area contributed by atoms with Crippen LogP contribution in [0.3, 0.4) is 0 Å². The van der Waals surface area contributed by atoms with Gasteiger partial charge in [-0.3, -0.25) is 9.69 Å². The molecule has 1 amide bonds. The van der Waals surface area contributed by atoms with Gasteiger partial charge in [0.1, 0.15) is 17.1 Å². The number of aromatic nitrogens is 3. The lowest BCUT2D eigenvalue weighted by atomic mass is 10.0. The molecule has 3 aliphatic rings. The number of rotatable bonds is 9. The van der Waals surface area contributed by atoms with Crippen LogP contribution >= 0.6 is 11.3 Å². The highest BCUT2D eigenvalue weighted by atomic mass is 32.1. The number of nitrogens with zero attached hydrogens (tertiary/aromatic N) is 6. The maximum absolute atomic E-state index is 12.6. The standard InChI is InChI=1S/C31H43N9O3S/c1-20-33-24(19-44-20)27-30(34-21-8-16-43-17-9-21)37-31(28(36-27)29(32)41)35-22-4-5-25(26(18-22)42-3)40-10-6-23(7-11-40)39-14-12-38(2)13-15-39/h4-5,18-19,21,23H,6-17H2,1-3H3,(H2,32,41)(H2,34,35,37). The van der Waals surface area contributed by atoms with Crippen LogP contribution in [0.15, 0.2) is 23.6 Å². The lowest BCUT2D eigenvalue weighted by Crippen LogP contribution is -2.52. The van der Waals surface area contributed by atoms with Crippen molar-refractivity contribution in [1.82, 2.24) is 24.8 Å². The van der Waals surface area contributed by atoms with Crippen LogP contribution in [-0.2, 0) is 4.74 Å². The summed E-state index contributed by atoms with van der Waals surface area (Å²) in [6, 6.07) is 6.81. The van der Waals surface area contributed by atoms with Crippen molar-refractivity contribution in [3.63, 3.8) is 0 Å². The van der Waals surface area contributed by atoms with Crippen LogP contribution in [0, 0.1) is 6.92 Å². The number of nitrogens with one attached hydrogen (secondary N) is 2. The minimum atomic E-state index is -0.669. The smallest absolute Gasteiger partial charge is 0.271 e. The van der Waals surface area contributed by atoms with Gasteiger partial charge in [0.25, 0.3) is 5.91 Å². The third-order valence-electron chi connectivity index (χ3n) is 8.85. The Morgan fingerprint density at radius 1 is 1.02 bits per heavy atom. The summed E-state index contributed by atoms with van der Waals surface area (Å²) in [5.41, 5.74) is 8.84. The van der Waals surface area contributed by atoms with E-state index in [-0.39, 0.29) is 17.6 Å². The summed E-state index contributed by atoms with van der Waals surface area (Å²) >= 11 is 1.52. The third-order valence-corrected chi connectivity index (χ3v) is 9.63. The Hall–Kier alpha value is -3.52. The maximum atomic E-state index is 12.6. The normalized spacial score (nSPS) is 19.2. The highest BCUT2D eigenvalue weighted by Crippen LogP contribution is 2.36. The Morgan fingerprint density at radius 3 is 2.43 bits per heavy atom. The Labute approximate surface area is 263 Å². The summed E-state index contributed by atoms with van der Waals surface area (Å²) in [6.07, 6.45) is 3.97. The number of anilines is 4. The molecule has 6 rings (SSSR count). The molecule has 0 radical (unpaired) electrons. The van der Waals surface area contributed by atoms with E-state index in [2.05, 4.69) is 43.4 Å². The monoisotopic (exact) mass is 621 g/mol. The van der Waals surface area contributed by atoms with E-state index in [1.807, 2.05) is 24.4 Å². The number of benzene rings is 1. The first-order chi connectivity index (χ1) is 21.4. The van der Waals surface area contributed by atoms with Gasteiger partial charge in [-0.05, 0) is 51.8 Å². The molecule has 13 heteroatoms. The number of amides is 1. The van der Waals surface area contributed by atoms with Crippen LogP contribution in [0.25, 0.3) is 11.4 Å². The molecule has 0 bridgehead atoms. The topological polar surface area (TPSA) is 134 Å². The number of primary amides is 1. The zero-order chi connectivity index (χ0) is 30.6. The largest absolute Gasteiger partial charge is 0.495 e. The van der Waals surface area contributed by atoms with E-state index < -0.39 is 5.91 Å². The van der Waals surface area contributed by atoms with Gasteiger partial charge in [-0.1, -0.05) is 0 Å². The molecule has 0 unspecified atom stereocenters. The van der Waals surface area contributed by atoms with Gasteiger partial charge in [0.05, 0.1) is 17.8 Å². The van der Waals surface area contributed by atoms with E-state index in [0.717, 1.165) is 87.1 Å². The van der Waals surface area contributed by atoms with Gasteiger partial charge < -0.3 is 35.6 Å². The number of aryl methyl sites for hydroxylation is 1. The molecule has 236 valence electrons. The quantitative estimate of drug-likeness (QED) is 0.324. The zero-order valence-electron chi connectivity index (χ0n) is 25.8. The van der Waals surface area contributed by atoms with Crippen molar-refractivity contribution < 1.29 is 14.3 Å². The highest BCUT2D eigenvalue weighted by molar-refractivity contribution is 7.09. The number of nitrogens with two attached hydrogens (primary N) is 1. The number of carbonyl (C=O) groups is 1. The van der Waals surface area contributed by atoms with Crippen molar-refractivity contribution in [1.29, 1.82) is 0 Å². The van der Waals surface area contributed by atoms with Gasteiger partial charge in [0.15, 0.2) is 17.3 Å². The predicted molar refractivity (Wildman–Crippen MR) is 174 cm³/mol. The molecule has 0 atom stereocenters. The lowest BCUT2D eigenvalue weighted by Gasteiger charge is -2.42. The minimum absolute atomic E-state index is 0.0530. The number of piperidine rings is 1. The summed E-state index contributed by atoms with van der Waals surface area (Å²) in [5, 5.41) is 9.66. The molecule has 3 aromatic rings. The summed E-state index contributed by atoms with van der Waals surface area (Å²) in [5.74, 6) is 0.932. The fraction of sp³-hybridized carbons (Fsp3) is 0.548. The van der Waals surface area contributed by atoms with E-state index in [1.165, 1.54) is 11.3 Å². The molecule has 3 aliphatic heterocycles. The molecule has 2 aromatic heterocycles. The molecule has 5 heterocycles. The number of methoxy groups -OCH3 is 1. The minimum Gasteiger partial charge on any atom is -0.495 e. The molecule has 44 heavy (non-hydrogen) atoms. The molecule has 3 fully saturated rings. The van der Waals surface area contributed by atoms with Crippen LogP contribution in [0.1, 0.15) is 41.2 Å². The van der Waals surface area contributed by atoms with Crippen molar-refractivity contribution in [3.8, 4) is 17.1 Å². The van der Waals surface area contributed by atoms with Crippen LogP contribution in [-0.4, -0.2) is 109 Å². The fourth-order valence-corrected chi connectivity index (χ4v) is 6.89. The maximum Gasteiger partial charge on any atom is 0.271 e. The van der Waals surface area contributed by atoms with Crippen LogP contribution < -0.4 is 26.0 Å². The summed E-state index contributed by atoms with van der Waals surface area (Å²) in [4.78, 5) is 34.3. The average molecular weight is 622 g/mol. The van der Waals surface area contributed by atoms with Crippen LogP contribution in [0.5, 0.6) is 5.75 Å². The number of hydrogen-bond acceptors (Lipinski definition) is 12. The summed E-state index contributed by atoms with van der Waals surface area (Å²) in [6.45, 7) is 9.85. The summed E-state index contributed by atoms with van der Waals surface area (Å²) < 4.78 is 11.4. The van der Waals surface area contributed by atoms with Crippen molar-refractivity contribution in [2.24, 2.45) is 5.73 Å². The van der Waals surface area contributed by atoms with Crippen LogP contribution in [0.2, 0.25) is 0 Å². The number of thiazole rings is 1. The molecule has 4 N–H and O–H groups in total. The Kier molecular flexibility index (Phi) is 9.45. The predicted octanol–water partition coefficient (Wildman–Crippen LogP) is 3.57. The molecule has 0 saturated carbocycles. The number of hydrogen-bond donors (Lipinski definition) is 3. The number of ether oxygens (including phenoxy) is 2. The van der Waals surface area contributed by atoms with Crippen molar-refractivity contribution in [2.45, 2.75) is 44.7 Å². The van der Waals surface area contributed by atoms with Gasteiger partial charge in [0, 0.05) is 81.7 Å². The summed E-state index contributed by atoms with van der Waals surface area (Å²) in [7, 11) is 3.89. The molecule has 1 aromatic carbocycles. The fourth-order valence-electron chi connectivity index (χ4n) is 6.29. The lowest BCUT2D eigenvalue weighted by molar-refractivity contribution is 0.0904. The molecule has 0 spiro atoms. The molecule has 0 aliphatic carbocycles. The van der Waals surface area contributed by atoms with Gasteiger partial charge in [-0.25, -0.2) is 15.0 Å². The molecular weight excluding hydrogens is 578 g/mol. The van der Waals surface area contributed by atoms with Gasteiger partial charge in [-0.15, -0.1) is 11.3 Å². The van der Waals surface area contributed by atoms with Crippen molar-refractivity contribution >= 4 is 40.3 Å². The molecular formula is C31H43N9O3S. The van der Waals surface area contributed by atoms with E-state index in [4.69, 9.17) is 25.2 Å². The van der Waals surface area contributed by atoms with E-state index in [1.54, 1.807) is 7.11 Å². The van der Waals surface area contributed by atoms with Gasteiger partial charge in [0.2, 0.25) is 0 Å². The SMILES string of the molecule is COc1cc(Nc2nc(NC3CCOCC3)c(-c3csc(C)n3)nc2C(N)=O)ccc1N1CCC(N2CCN(C)CC2)CC1. The van der Waals surface area contributed by atoms with E-state index in [9.17, 15) is 4.79 Å². The third kappa shape index (κ3) is 6.90. The number of piperazine rings is 1. The zero-order valence-corrected chi connectivity index (χ0v) is 26.7. The second kappa shape index (κ2) is 13.6. The first kappa shape index (κ1) is 30.5. The van der Waals surface area contributed by atoms with Crippen molar-refractivity contribution in [3.05, 3.63) is 34.3 Å². The van der Waals surface area contributed by atoms with Crippen molar-refractivity contribution in [2.75, 3.05) is 82.2 Å². The molecule has 3 saturated heterocycles. The first-order valence-corrected chi connectivity index (χ1v) is 16.4. The van der Waals surface area contributed by atoms with E-state index in [0.29, 0.717) is 36.5 Å².